The number of rotatable bonds is 5. The number of halogens is 1. The minimum absolute atomic E-state index is 0. The Balaban J connectivity index is 0.00000180. The largest absolute Gasteiger partial charge is 0.317 e. The van der Waals surface area contributed by atoms with Crippen LogP contribution in [0.2, 0.25) is 0 Å². The molecule has 2 rings (SSSR count). The second-order valence-electron chi connectivity index (χ2n) is 5.70. The molecule has 1 aromatic carbocycles. The quantitative estimate of drug-likeness (QED) is 0.891. The van der Waals surface area contributed by atoms with E-state index in [0.717, 1.165) is 12.5 Å². The first-order valence-electron chi connectivity index (χ1n) is 7.24. The van der Waals surface area contributed by atoms with Crippen LogP contribution in [0.5, 0.6) is 0 Å². The highest BCUT2D eigenvalue weighted by molar-refractivity contribution is 5.85. The third-order valence-electron chi connectivity index (χ3n) is 3.91. The van der Waals surface area contributed by atoms with Gasteiger partial charge in [-0.05, 0) is 51.3 Å². The second-order valence-corrected chi connectivity index (χ2v) is 5.70. The highest BCUT2D eigenvalue weighted by Crippen LogP contribution is 2.17. The maximum absolute atomic E-state index is 3.45. The lowest BCUT2D eigenvalue weighted by Gasteiger charge is -2.32. The normalized spacial score (nSPS) is 16.6. The van der Waals surface area contributed by atoms with Crippen molar-refractivity contribution in [3.05, 3.63) is 35.9 Å². The van der Waals surface area contributed by atoms with Gasteiger partial charge >= 0.3 is 0 Å². The van der Waals surface area contributed by atoms with Crippen molar-refractivity contribution in [1.82, 2.24) is 10.2 Å². The summed E-state index contributed by atoms with van der Waals surface area (Å²) in [5.74, 6) is 0.873. The molecule has 0 saturated carbocycles. The van der Waals surface area contributed by atoms with Crippen LogP contribution >= 0.6 is 12.4 Å². The molecule has 108 valence electrons. The smallest absolute Gasteiger partial charge is 0.0236 e. The molecule has 1 N–H and O–H groups in total. The number of benzene rings is 1. The van der Waals surface area contributed by atoms with Crippen molar-refractivity contribution in [2.45, 2.75) is 39.3 Å². The van der Waals surface area contributed by atoms with E-state index in [9.17, 15) is 0 Å². The molecular weight excluding hydrogens is 256 g/mol. The van der Waals surface area contributed by atoms with Crippen LogP contribution in [0.3, 0.4) is 0 Å². The SMILES string of the molecule is CC(C)N(Cc1ccccc1)CC1CCNCC1.Cl. The maximum atomic E-state index is 3.45. The third kappa shape index (κ3) is 5.52. The van der Waals surface area contributed by atoms with Gasteiger partial charge < -0.3 is 5.32 Å². The number of nitrogens with one attached hydrogen (secondary N) is 1. The topological polar surface area (TPSA) is 15.3 Å². The number of hydrogen-bond donors (Lipinski definition) is 1. The Labute approximate surface area is 124 Å². The summed E-state index contributed by atoms with van der Waals surface area (Å²) in [7, 11) is 0. The highest BCUT2D eigenvalue weighted by Gasteiger charge is 2.18. The van der Waals surface area contributed by atoms with Crippen molar-refractivity contribution >= 4 is 12.4 Å². The van der Waals surface area contributed by atoms with Crippen LogP contribution in [0.25, 0.3) is 0 Å². The maximum Gasteiger partial charge on any atom is 0.0236 e. The van der Waals surface area contributed by atoms with Gasteiger partial charge in [0.1, 0.15) is 0 Å². The molecule has 1 aliphatic rings. The van der Waals surface area contributed by atoms with E-state index in [1.807, 2.05) is 0 Å². The average molecular weight is 283 g/mol. The minimum Gasteiger partial charge on any atom is -0.317 e. The summed E-state index contributed by atoms with van der Waals surface area (Å²) in [6.07, 6.45) is 2.66. The van der Waals surface area contributed by atoms with Gasteiger partial charge in [-0.2, -0.15) is 0 Å². The van der Waals surface area contributed by atoms with Crippen LogP contribution in [0.1, 0.15) is 32.3 Å². The van der Waals surface area contributed by atoms with Crippen molar-refractivity contribution < 1.29 is 0 Å². The zero-order valence-electron chi connectivity index (χ0n) is 12.1. The summed E-state index contributed by atoms with van der Waals surface area (Å²) in [6, 6.07) is 11.5. The van der Waals surface area contributed by atoms with E-state index < -0.39 is 0 Å². The molecule has 0 atom stereocenters. The van der Waals surface area contributed by atoms with E-state index in [1.165, 1.54) is 38.0 Å². The van der Waals surface area contributed by atoms with Crippen molar-refractivity contribution in [1.29, 1.82) is 0 Å². The van der Waals surface area contributed by atoms with E-state index in [-0.39, 0.29) is 12.4 Å². The van der Waals surface area contributed by atoms with E-state index in [1.54, 1.807) is 0 Å². The Morgan fingerprint density at radius 1 is 1.16 bits per heavy atom. The molecule has 2 nitrogen and oxygen atoms in total. The zero-order valence-corrected chi connectivity index (χ0v) is 13.0. The first-order chi connectivity index (χ1) is 8.75. The third-order valence-corrected chi connectivity index (χ3v) is 3.91. The lowest BCUT2D eigenvalue weighted by Crippen LogP contribution is -2.39. The molecule has 0 aromatic heterocycles. The lowest BCUT2D eigenvalue weighted by atomic mass is 9.97. The van der Waals surface area contributed by atoms with Gasteiger partial charge in [-0.1, -0.05) is 30.3 Å². The van der Waals surface area contributed by atoms with Crippen LogP contribution < -0.4 is 5.32 Å². The Morgan fingerprint density at radius 3 is 2.37 bits per heavy atom. The van der Waals surface area contributed by atoms with Gasteiger partial charge in [-0.3, -0.25) is 4.90 Å². The predicted octanol–water partition coefficient (Wildman–Crippen LogP) is 3.32. The standard InChI is InChI=1S/C16H26N2.ClH/c1-14(2)18(12-15-6-4-3-5-7-15)13-16-8-10-17-11-9-16;/h3-7,14,16-17H,8-13H2,1-2H3;1H. The van der Waals surface area contributed by atoms with Gasteiger partial charge in [0.05, 0.1) is 0 Å². The van der Waals surface area contributed by atoms with E-state index in [2.05, 4.69) is 54.4 Å². The summed E-state index contributed by atoms with van der Waals surface area (Å²) < 4.78 is 0. The van der Waals surface area contributed by atoms with Crippen LogP contribution in [0, 0.1) is 5.92 Å². The number of nitrogens with zero attached hydrogens (tertiary/aromatic N) is 1. The molecule has 3 heteroatoms. The molecule has 1 heterocycles. The fraction of sp³-hybridized carbons (Fsp3) is 0.625. The summed E-state index contributed by atoms with van der Waals surface area (Å²) >= 11 is 0. The predicted molar refractivity (Wildman–Crippen MR) is 84.8 cm³/mol. The monoisotopic (exact) mass is 282 g/mol. The highest BCUT2D eigenvalue weighted by atomic mass is 35.5. The Hall–Kier alpha value is -0.570. The van der Waals surface area contributed by atoms with E-state index >= 15 is 0 Å². The van der Waals surface area contributed by atoms with E-state index in [4.69, 9.17) is 0 Å². The Kier molecular flexibility index (Phi) is 7.44. The van der Waals surface area contributed by atoms with Crippen LogP contribution in [-0.4, -0.2) is 30.6 Å². The average Bonchev–Trinajstić information content (AvgIpc) is 2.40. The van der Waals surface area contributed by atoms with Gasteiger partial charge in [-0.25, -0.2) is 0 Å². The fourth-order valence-corrected chi connectivity index (χ4v) is 2.67. The molecule has 1 aromatic rings. The summed E-state index contributed by atoms with van der Waals surface area (Å²) in [5, 5.41) is 3.45. The zero-order chi connectivity index (χ0) is 12.8. The summed E-state index contributed by atoms with van der Waals surface area (Å²) in [4.78, 5) is 2.62. The first kappa shape index (κ1) is 16.5. The lowest BCUT2D eigenvalue weighted by molar-refractivity contribution is 0.162. The molecule has 0 aliphatic carbocycles. The molecule has 19 heavy (non-hydrogen) atoms. The van der Waals surface area contributed by atoms with Gasteiger partial charge in [0, 0.05) is 19.1 Å². The van der Waals surface area contributed by atoms with Gasteiger partial charge in [-0.15, -0.1) is 12.4 Å². The number of hydrogen-bond acceptors (Lipinski definition) is 2. The van der Waals surface area contributed by atoms with Crippen molar-refractivity contribution in [3.63, 3.8) is 0 Å². The molecular formula is C16H27ClN2. The first-order valence-corrected chi connectivity index (χ1v) is 7.24. The second kappa shape index (κ2) is 8.57. The number of piperidine rings is 1. The van der Waals surface area contributed by atoms with Gasteiger partial charge in [0.2, 0.25) is 0 Å². The van der Waals surface area contributed by atoms with Crippen LogP contribution in [-0.2, 0) is 6.54 Å². The Bertz CT molecular complexity index is 334. The molecule has 1 aliphatic heterocycles. The fourth-order valence-electron chi connectivity index (χ4n) is 2.67. The molecule has 1 saturated heterocycles. The Morgan fingerprint density at radius 2 is 1.79 bits per heavy atom. The van der Waals surface area contributed by atoms with Gasteiger partial charge in [0.25, 0.3) is 0 Å². The summed E-state index contributed by atoms with van der Waals surface area (Å²) in [5.41, 5.74) is 1.43. The molecule has 0 bridgehead atoms. The summed E-state index contributed by atoms with van der Waals surface area (Å²) in [6.45, 7) is 9.34. The van der Waals surface area contributed by atoms with Crippen molar-refractivity contribution in [2.75, 3.05) is 19.6 Å². The molecule has 0 amide bonds. The minimum atomic E-state index is 0. The van der Waals surface area contributed by atoms with Gasteiger partial charge in [0.15, 0.2) is 0 Å². The van der Waals surface area contributed by atoms with Crippen molar-refractivity contribution in [2.24, 2.45) is 5.92 Å². The van der Waals surface area contributed by atoms with Crippen LogP contribution in [0.15, 0.2) is 30.3 Å². The molecule has 0 radical (unpaired) electrons. The van der Waals surface area contributed by atoms with E-state index in [0.29, 0.717) is 6.04 Å². The molecule has 0 spiro atoms. The van der Waals surface area contributed by atoms with Crippen molar-refractivity contribution in [3.8, 4) is 0 Å². The molecule has 0 unspecified atom stereocenters. The van der Waals surface area contributed by atoms with Crippen LogP contribution in [0.4, 0.5) is 0 Å². The molecule has 1 fully saturated rings.